The zero-order chi connectivity index (χ0) is 21.6. The number of para-hydroxylation sites is 1. The van der Waals surface area contributed by atoms with Crippen molar-refractivity contribution in [3.63, 3.8) is 0 Å². The van der Waals surface area contributed by atoms with E-state index in [1.807, 2.05) is 48.7 Å². The molecule has 0 saturated heterocycles. The first-order valence-electron chi connectivity index (χ1n) is 9.77. The molecule has 1 heterocycles. The molecular weight excluding hydrogens is 459 g/mol. The number of carbonyl (C=O) groups excluding carboxylic acids is 1. The average molecular weight is 479 g/mol. The van der Waals surface area contributed by atoms with Crippen LogP contribution in [0.25, 0.3) is 10.9 Å². The Bertz CT molecular complexity index is 1230. The molecule has 0 aliphatic rings. The fraction of sp³-hybridized carbons (Fsp3) is 0.0833. The number of aliphatic imine (C=N–C) groups is 1. The number of hydrogen-bond donors (Lipinski definition) is 3. The number of benzene rings is 3. The number of H-pyrrole nitrogens is 1. The maximum atomic E-state index is 13.2. The molecule has 3 N–H and O–H groups in total. The van der Waals surface area contributed by atoms with Crippen molar-refractivity contribution in [1.29, 1.82) is 0 Å². The molecule has 156 valence electrons. The lowest BCUT2D eigenvalue weighted by atomic mass is 10.1. The van der Waals surface area contributed by atoms with E-state index in [9.17, 15) is 9.18 Å². The van der Waals surface area contributed by atoms with Gasteiger partial charge in [0, 0.05) is 39.4 Å². The van der Waals surface area contributed by atoms with Crippen LogP contribution in [0.3, 0.4) is 0 Å². The van der Waals surface area contributed by atoms with Gasteiger partial charge in [0.05, 0.1) is 0 Å². The highest BCUT2D eigenvalue weighted by Gasteiger charge is 2.10. The molecule has 4 rings (SSSR count). The number of aromatic amines is 1. The maximum Gasteiger partial charge on any atom is 0.257 e. The second-order valence-electron chi connectivity index (χ2n) is 6.94. The Morgan fingerprint density at radius 1 is 1.03 bits per heavy atom. The van der Waals surface area contributed by atoms with Crippen LogP contribution < -0.4 is 10.6 Å². The van der Waals surface area contributed by atoms with Gasteiger partial charge in [-0.3, -0.25) is 15.1 Å². The molecule has 0 atom stereocenters. The molecule has 1 amide bonds. The van der Waals surface area contributed by atoms with E-state index in [1.54, 1.807) is 0 Å². The van der Waals surface area contributed by atoms with Crippen LogP contribution in [0.2, 0.25) is 0 Å². The van der Waals surface area contributed by atoms with Gasteiger partial charge in [-0.1, -0.05) is 40.2 Å². The minimum Gasteiger partial charge on any atom is -0.361 e. The van der Waals surface area contributed by atoms with Crippen molar-refractivity contribution in [3.05, 3.63) is 100 Å². The van der Waals surface area contributed by atoms with Crippen molar-refractivity contribution in [2.75, 3.05) is 11.9 Å². The third-order valence-corrected chi connectivity index (χ3v) is 5.24. The lowest BCUT2D eigenvalue weighted by Gasteiger charge is -2.12. The molecule has 0 fully saturated rings. The van der Waals surface area contributed by atoms with E-state index >= 15 is 0 Å². The summed E-state index contributed by atoms with van der Waals surface area (Å²) in [6, 6.07) is 21.1. The third-order valence-electron chi connectivity index (χ3n) is 4.75. The summed E-state index contributed by atoms with van der Waals surface area (Å²) in [4.78, 5) is 20.5. The van der Waals surface area contributed by atoms with Gasteiger partial charge in [0.1, 0.15) is 5.82 Å². The molecule has 0 saturated carbocycles. The minimum atomic E-state index is -0.392. The lowest BCUT2D eigenvalue weighted by molar-refractivity contribution is 0.0977. The maximum absolute atomic E-state index is 13.2. The fourth-order valence-electron chi connectivity index (χ4n) is 3.22. The van der Waals surface area contributed by atoms with Crippen molar-refractivity contribution in [1.82, 2.24) is 10.3 Å². The Morgan fingerprint density at radius 3 is 2.65 bits per heavy atom. The molecular formula is C24H20BrFN4O. The van der Waals surface area contributed by atoms with Gasteiger partial charge >= 0.3 is 0 Å². The third kappa shape index (κ3) is 5.38. The summed E-state index contributed by atoms with van der Waals surface area (Å²) in [6.45, 7) is 0.474. The number of carbonyl (C=O) groups is 1. The van der Waals surface area contributed by atoms with Gasteiger partial charge in [0.2, 0.25) is 5.96 Å². The fourth-order valence-corrected chi connectivity index (χ4v) is 3.62. The number of amides is 1. The van der Waals surface area contributed by atoms with Gasteiger partial charge in [0.15, 0.2) is 0 Å². The summed E-state index contributed by atoms with van der Waals surface area (Å²) in [5, 5.41) is 7.11. The Hall–Kier alpha value is -3.45. The van der Waals surface area contributed by atoms with Gasteiger partial charge in [-0.15, -0.1) is 0 Å². The number of nitrogens with zero attached hydrogens (tertiary/aromatic N) is 1. The molecule has 1 aromatic heterocycles. The molecule has 0 bridgehead atoms. The molecule has 7 heteroatoms. The van der Waals surface area contributed by atoms with Gasteiger partial charge in [-0.25, -0.2) is 4.39 Å². The van der Waals surface area contributed by atoms with Crippen molar-refractivity contribution < 1.29 is 9.18 Å². The minimum absolute atomic E-state index is 0.326. The predicted octanol–water partition coefficient (Wildman–Crippen LogP) is 5.51. The monoisotopic (exact) mass is 478 g/mol. The van der Waals surface area contributed by atoms with Gasteiger partial charge < -0.3 is 10.3 Å². The highest BCUT2D eigenvalue weighted by Crippen LogP contribution is 2.18. The number of fused-ring (bicyclic) bond motifs is 1. The average Bonchev–Trinajstić information content (AvgIpc) is 3.17. The normalized spacial score (nSPS) is 11.5. The molecule has 0 unspecified atom stereocenters. The van der Waals surface area contributed by atoms with Crippen LogP contribution >= 0.6 is 15.9 Å². The number of anilines is 1. The van der Waals surface area contributed by atoms with E-state index in [2.05, 4.69) is 42.6 Å². The highest BCUT2D eigenvalue weighted by molar-refractivity contribution is 9.10. The summed E-state index contributed by atoms with van der Waals surface area (Å²) in [6.07, 6.45) is 2.69. The van der Waals surface area contributed by atoms with Crippen LogP contribution in [-0.2, 0) is 6.42 Å². The molecule has 0 spiro atoms. The van der Waals surface area contributed by atoms with E-state index in [1.165, 1.54) is 24.3 Å². The van der Waals surface area contributed by atoms with E-state index < -0.39 is 5.82 Å². The van der Waals surface area contributed by atoms with Crippen LogP contribution in [-0.4, -0.2) is 23.4 Å². The predicted molar refractivity (Wildman–Crippen MR) is 126 cm³/mol. The summed E-state index contributed by atoms with van der Waals surface area (Å²) in [5.74, 6) is -0.433. The number of hydrogen-bond acceptors (Lipinski definition) is 2. The van der Waals surface area contributed by atoms with Crippen molar-refractivity contribution >= 4 is 44.4 Å². The van der Waals surface area contributed by atoms with Crippen molar-refractivity contribution in [3.8, 4) is 0 Å². The van der Waals surface area contributed by atoms with Crippen LogP contribution in [0.4, 0.5) is 10.1 Å². The highest BCUT2D eigenvalue weighted by atomic mass is 79.9. The number of halogens is 2. The number of rotatable bonds is 5. The first kappa shape index (κ1) is 20.8. The molecule has 0 radical (unpaired) electrons. The quantitative estimate of drug-likeness (QED) is 0.261. The Morgan fingerprint density at radius 2 is 1.84 bits per heavy atom. The number of nitrogens with one attached hydrogen (secondary N) is 3. The summed E-state index contributed by atoms with van der Waals surface area (Å²) in [7, 11) is 0. The number of guanidine groups is 1. The van der Waals surface area contributed by atoms with Gasteiger partial charge in [-0.2, -0.15) is 0 Å². The topological polar surface area (TPSA) is 69.3 Å². The standard InChI is InChI=1S/C24H20BrFN4O/c25-18-4-3-5-20(14-18)29-24(30-23(31)16-8-10-19(26)11-9-16)27-13-12-17-15-28-22-7-2-1-6-21(17)22/h1-11,14-15,28H,12-13H2,(H2,27,29,30,31). The van der Waals surface area contributed by atoms with Crippen LogP contribution in [0.5, 0.6) is 0 Å². The van der Waals surface area contributed by atoms with Crippen molar-refractivity contribution in [2.45, 2.75) is 6.42 Å². The van der Waals surface area contributed by atoms with E-state index in [0.29, 0.717) is 24.5 Å². The van der Waals surface area contributed by atoms with Gasteiger partial charge in [-0.05, 0) is 60.5 Å². The Kier molecular flexibility index (Phi) is 6.43. The second-order valence-corrected chi connectivity index (χ2v) is 7.85. The van der Waals surface area contributed by atoms with Crippen LogP contribution in [0, 0.1) is 5.82 Å². The zero-order valence-corrected chi connectivity index (χ0v) is 18.1. The Labute approximate surface area is 187 Å². The smallest absolute Gasteiger partial charge is 0.257 e. The molecule has 0 aliphatic heterocycles. The molecule has 3 aromatic carbocycles. The van der Waals surface area contributed by atoms with Gasteiger partial charge in [0.25, 0.3) is 5.91 Å². The van der Waals surface area contributed by atoms with Crippen LogP contribution in [0.1, 0.15) is 15.9 Å². The SMILES string of the molecule is O=C(NC(=NCCc1c[nH]c2ccccc12)Nc1cccc(Br)c1)c1ccc(F)cc1. The van der Waals surface area contributed by atoms with E-state index in [0.717, 1.165) is 26.6 Å². The number of aromatic nitrogens is 1. The summed E-state index contributed by atoms with van der Waals surface area (Å²) in [5.41, 5.74) is 3.37. The largest absolute Gasteiger partial charge is 0.361 e. The molecule has 4 aromatic rings. The van der Waals surface area contributed by atoms with Crippen molar-refractivity contribution in [2.24, 2.45) is 4.99 Å². The Balaban J connectivity index is 1.52. The lowest BCUT2D eigenvalue weighted by Crippen LogP contribution is -2.36. The first-order valence-corrected chi connectivity index (χ1v) is 10.6. The van der Waals surface area contributed by atoms with Crippen LogP contribution in [0.15, 0.2) is 88.5 Å². The molecule has 5 nitrogen and oxygen atoms in total. The van der Waals surface area contributed by atoms with E-state index in [4.69, 9.17) is 0 Å². The summed E-state index contributed by atoms with van der Waals surface area (Å²) >= 11 is 3.44. The molecule has 0 aliphatic carbocycles. The zero-order valence-electron chi connectivity index (χ0n) is 16.5. The van der Waals surface area contributed by atoms with E-state index in [-0.39, 0.29) is 5.91 Å². The second kappa shape index (κ2) is 9.57. The summed E-state index contributed by atoms with van der Waals surface area (Å²) < 4.78 is 14.1. The first-order chi connectivity index (χ1) is 15.1. The molecule has 31 heavy (non-hydrogen) atoms.